The van der Waals surface area contributed by atoms with E-state index in [4.69, 9.17) is 4.74 Å². The second-order valence-electron chi connectivity index (χ2n) is 3.16. The Morgan fingerprint density at radius 1 is 1.56 bits per heavy atom. The number of methoxy groups -OCH3 is 1. The minimum atomic E-state index is 0.421. The summed E-state index contributed by atoms with van der Waals surface area (Å²) in [6, 6.07) is 0. The molecule has 1 N–H and O–H groups in total. The van der Waals surface area contributed by atoms with Gasteiger partial charge in [0.1, 0.15) is 11.6 Å². The van der Waals surface area contributed by atoms with Gasteiger partial charge in [0.15, 0.2) is 5.82 Å². The molecule has 0 aromatic carbocycles. The smallest absolute Gasteiger partial charge is 0.234 e. The second-order valence-corrected chi connectivity index (χ2v) is 4.20. The van der Waals surface area contributed by atoms with Gasteiger partial charge in [0.05, 0.1) is 0 Å². The lowest BCUT2D eigenvalue weighted by Crippen LogP contribution is -2.12. The average Bonchev–Trinajstić information content (AvgIpc) is 2.81. The Labute approximate surface area is 96.9 Å². The van der Waals surface area contributed by atoms with Crippen LogP contribution in [0.4, 0.5) is 0 Å². The maximum absolute atomic E-state index is 5.01. The quantitative estimate of drug-likeness (QED) is 0.591. The molecule has 0 bridgehead atoms. The molecule has 0 aliphatic heterocycles. The van der Waals surface area contributed by atoms with Gasteiger partial charge < -0.3 is 10.1 Å². The molecule has 0 aliphatic rings. The molecule has 0 aliphatic carbocycles. The SMILES string of the molecule is C=CCNCc1nn2c(COC)nnc2s1. The van der Waals surface area contributed by atoms with E-state index in [0.29, 0.717) is 13.2 Å². The second kappa shape index (κ2) is 5.15. The van der Waals surface area contributed by atoms with Gasteiger partial charge in [-0.05, 0) is 0 Å². The highest BCUT2D eigenvalue weighted by Gasteiger charge is 2.10. The molecule has 7 heteroatoms. The van der Waals surface area contributed by atoms with Crippen LogP contribution in [0.2, 0.25) is 0 Å². The molecule has 16 heavy (non-hydrogen) atoms. The Morgan fingerprint density at radius 2 is 2.44 bits per heavy atom. The molecule has 2 heterocycles. The van der Waals surface area contributed by atoms with E-state index in [9.17, 15) is 0 Å². The lowest BCUT2D eigenvalue weighted by molar-refractivity contribution is 0.176. The predicted molar refractivity (Wildman–Crippen MR) is 61.3 cm³/mol. The highest BCUT2D eigenvalue weighted by Crippen LogP contribution is 2.13. The molecule has 86 valence electrons. The monoisotopic (exact) mass is 239 g/mol. The van der Waals surface area contributed by atoms with Crippen molar-refractivity contribution in [2.45, 2.75) is 13.2 Å². The highest BCUT2D eigenvalue weighted by molar-refractivity contribution is 7.16. The van der Waals surface area contributed by atoms with Crippen molar-refractivity contribution in [3.05, 3.63) is 23.5 Å². The van der Waals surface area contributed by atoms with Crippen molar-refractivity contribution in [1.82, 2.24) is 25.1 Å². The predicted octanol–water partition coefficient (Wildman–Crippen LogP) is 0.608. The molecule has 0 saturated heterocycles. The Morgan fingerprint density at radius 3 is 3.19 bits per heavy atom. The largest absolute Gasteiger partial charge is 0.377 e. The van der Waals surface area contributed by atoms with Gasteiger partial charge in [0, 0.05) is 20.2 Å². The normalized spacial score (nSPS) is 11.1. The summed E-state index contributed by atoms with van der Waals surface area (Å²) in [6.45, 7) is 5.54. The fourth-order valence-corrected chi connectivity index (χ4v) is 2.09. The fourth-order valence-electron chi connectivity index (χ4n) is 1.27. The van der Waals surface area contributed by atoms with E-state index < -0.39 is 0 Å². The number of rotatable bonds is 6. The van der Waals surface area contributed by atoms with Gasteiger partial charge in [-0.2, -0.15) is 9.61 Å². The van der Waals surface area contributed by atoms with Crippen LogP contribution in [-0.4, -0.2) is 33.5 Å². The van der Waals surface area contributed by atoms with E-state index in [1.807, 2.05) is 6.08 Å². The fraction of sp³-hybridized carbons (Fsp3) is 0.444. The molecule has 0 saturated carbocycles. The summed E-state index contributed by atoms with van der Waals surface area (Å²) < 4.78 is 6.74. The number of hydrogen-bond acceptors (Lipinski definition) is 6. The van der Waals surface area contributed by atoms with Crippen molar-refractivity contribution >= 4 is 16.3 Å². The minimum absolute atomic E-state index is 0.421. The number of nitrogens with zero attached hydrogens (tertiary/aromatic N) is 4. The van der Waals surface area contributed by atoms with Crippen LogP contribution in [0.25, 0.3) is 4.96 Å². The topological polar surface area (TPSA) is 64.3 Å². The molecule has 2 aromatic heterocycles. The highest BCUT2D eigenvalue weighted by atomic mass is 32.1. The Balaban J connectivity index is 2.13. The molecular weight excluding hydrogens is 226 g/mol. The van der Waals surface area contributed by atoms with Crippen LogP contribution in [0.15, 0.2) is 12.7 Å². The van der Waals surface area contributed by atoms with E-state index in [-0.39, 0.29) is 0 Å². The van der Waals surface area contributed by atoms with Crippen LogP contribution in [0.5, 0.6) is 0 Å². The first kappa shape index (κ1) is 11.2. The van der Waals surface area contributed by atoms with E-state index in [2.05, 4.69) is 27.2 Å². The van der Waals surface area contributed by atoms with Crippen LogP contribution in [0, 0.1) is 0 Å². The summed E-state index contributed by atoms with van der Waals surface area (Å²) in [4.78, 5) is 0.794. The Kier molecular flexibility index (Phi) is 3.60. The molecule has 0 atom stereocenters. The summed E-state index contributed by atoms with van der Waals surface area (Å²) in [7, 11) is 1.62. The van der Waals surface area contributed by atoms with Crippen molar-refractivity contribution in [2.75, 3.05) is 13.7 Å². The van der Waals surface area contributed by atoms with Gasteiger partial charge in [-0.15, -0.1) is 16.8 Å². The van der Waals surface area contributed by atoms with Crippen LogP contribution < -0.4 is 5.32 Å². The number of aromatic nitrogens is 4. The third-order valence-electron chi connectivity index (χ3n) is 1.94. The molecule has 0 unspecified atom stereocenters. The Hall–Kier alpha value is -1.31. The molecule has 2 aromatic rings. The van der Waals surface area contributed by atoms with Crippen LogP contribution >= 0.6 is 11.3 Å². The van der Waals surface area contributed by atoms with Crippen molar-refractivity contribution in [3.8, 4) is 0 Å². The Bertz CT molecular complexity index is 477. The first-order chi connectivity index (χ1) is 7.85. The van der Waals surface area contributed by atoms with Crippen molar-refractivity contribution in [1.29, 1.82) is 0 Å². The minimum Gasteiger partial charge on any atom is -0.377 e. The van der Waals surface area contributed by atoms with Crippen molar-refractivity contribution in [3.63, 3.8) is 0 Å². The molecular formula is C9H13N5OS. The van der Waals surface area contributed by atoms with Gasteiger partial charge in [-0.3, -0.25) is 0 Å². The number of fused-ring (bicyclic) bond motifs is 1. The summed E-state index contributed by atoms with van der Waals surface area (Å²) in [5.41, 5.74) is 0. The van der Waals surface area contributed by atoms with Crippen molar-refractivity contribution in [2.24, 2.45) is 0 Å². The van der Waals surface area contributed by atoms with Crippen molar-refractivity contribution < 1.29 is 4.74 Å². The molecule has 0 fully saturated rings. The van der Waals surface area contributed by atoms with E-state index in [1.165, 1.54) is 11.3 Å². The van der Waals surface area contributed by atoms with Crippen LogP contribution in [0.1, 0.15) is 10.8 Å². The zero-order valence-corrected chi connectivity index (χ0v) is 9.83. The summed E-state index contributed by atoms with van der Waals surface area (Å²) in [6.07, 6.45) is 1.82. The van der Waals surface area contributed by atoms with Gasteiger partial charge in [-0.1, -0.05) is 17.4 Å². The molecule has 0 spiro atoms. The molecule has 2 rings (SSSR count). The van der Waals surface area contributed by atoms with E-state index >= 15 is 0 Å². The lowest BCUT2D eigenvalue weighted by Gasteiger charge is -1.95. The average molecular weight is 239 g/mol. The molecule has 0 amide bonds. The first-order valence-corrected chi connectivity index (χ1v) is 5.67. The summed E-state index contributed by atoms with van der Waals surface area (Å²) >= 11 is 1.52. The molecule has 6 nitrogen and oxygen atoms in total. The van der Waals surface area contributed by atoms with Crippen LogP contribution in [0.3, 0.4) is 0 Å². The summed E-state index contributed by atoms with van der Waals surface area (Å²) in [5.74, 6) is 0.726. The summed E-state index contributed by atoms with van der Waals surface area (Å²) in [5, 5.41) is 16.6. The first-order valence-electron chi connectivity index (χ1n) is 4.85. The number of hydrogen-bond donors (Lipinski definition) is 1. The van der Waals surface area contributed by atoms with Gasteiger partial charge in [0.25, 0.3) is 0 Å². The van der Waals surface area contributed by atoms with E-state index in [0.717, 1.165) is 22.3 Å². The third-order valence-corrected chi connectivity index (χ3v) is 2.83. The number of ether oxygens (including phenoxy) is 1. The zero-order chi connectivity index (χ0) is 11.4. The van der Waals surface area contributed by atoms with Gasteiger partial charge in [0.2, 0.25) is 4.96 Å². The van der Waals surface area contributed by atoms with E-state index in [1.54, 1.807) is 11.6 Å². The van der Waals surface area contributed by atoms with Crippen LogP contribution in [-0.2, 0) is 17.9 Å². The maximum atomic E-state index is 5.01. The zero-order valence-electron chi connectivity index (χ0n) is 9.01. The standard InChI is InChI=1S/C9H13N5OS/c1-3-4-10-5-8-13-14-7(6-15-2)11-12-9(14)16-8/h3,10H,1,4-6H2,2H3. The van der Waals surface area contributed by atoms with Gasteiger partial charge in [-0.25, -0.2) is 0 Å². The van der Waals surface area contributed by atoms with Gasteiger partial charge >= 0.3 is 0 Å². The third kappa shape index (κ3) is 2.26. The molecule has 0 radical (unpaired) electrons. The maximum Gasteiger partial charge on any atom is 0.234 e. The number of nitrogens with one attached hydrogen (secondary N) is 1. The lowest BCUT2D eigenvalue weighted by atomic mass is 10.6.